The zero-order chi connectivity index (χ0) is 21.4. The van der Waals surface area contributed by atoms with Gasteiger partial charge in [0, 0.05) is 18.9 Å². The molecule has 0 aliphatic heterocycles. The third-order valence-electron chi connectivity index (χ3n) is 4.97. The molecule has 0 unspecified atom stereocenters. The first kappa shape index (κ1) is 23.8. The number of aromatic nitrogens is 1. The van der Waals surface area contributed by atoms with Crippen LogP contribution in [0.3, 0.4) is 0 Å². The Hall–Kier alpha value is -2.46. The minimum Gasteiger partial charge on any atom is -0.497 e. The Labute approximate surface area is 187 Å². The fourth-order valence-electron chi connectivity index (χ4n) is 3.22. The van der Waals surface area contributed by atoms with Crippen molar-refractivity contribution in [2.24, 2.45) is 0 Å². The third kappa shape index (κ3) is 9.36. The van der Waals surface area contributed by atoms with E-state index < -0.39 is 0 Å². The van der Waals surface area contributed by atoms with Gasteiger partial charge in [-0.05, 0) is 73.1 Å². The molecule has 1 aromatic heterocycles. The second-order valence-corrected chi connectivity index (χ2v) is 7.79. The summed E-state index contributed by atoms with van der Waals surface area (Å²) in [5.74, 6) is 0.885. The van der Waals surface area contributed by atoms with Crippen molar-refractivity contribution in [2.75, 3.05) is 13.7 Å². The first-order valence-corrected chi connectivity index (χ1v) is 11.3. The third-order valence-corrected chi connectivity index (χ3v) is 5.25. The summed E-state index contributed by atoms with van der Waals surface area (Å²) in [4.78, 5) is 4.94. The van der Waals surface area contributed by atoms with Crippen LogP contribution in [-0.4, -0.2) is 23.6 Å². The van der Waals surface area contributed by atoms with Crippen LogP contribution >= 0.6 is 12.2 Å². The number of thiocarbonyl (C=S) groups is 1. The molecule has 2 aromatic rings. The van der Waals surface area contributed by atoms with Crippen LogP contribution < -0.4 is 10.1 Å². The predicted molar refractivity (Wildman–Crippen MR) is 132 cm³/mol. The molecule has 0 saturated heterocycles. The van der Waals surface area contributed by atoms with Gasteiger partial charge in [-0.3, -0.25) is 4.98 Å². The number of rotatable bonds is 13. The van der Waals surface area contributed by atoms with Crippen molar-refractivity contribution in [3.63, 3.8) is 0 Å². The molecule has 3 nitrogen and oxygen atoms in total. The van der Waals surface area contributed by atoms with Gasteiger partial charge < -0.3 is 10.1 Å². The van der Waals surface area contributed by atoms with Crippen LogP contribution in [0.1, 0.15) is 56.6 Å². The van der Waals surface area contributed by atoms with Crippen LogP contribution in [0.5, 0.6) is 5.75 Å². The zero-order valence-electron chi connectivity index (χ0n) is 18.3. The molecule has 0 atom stereocenters. The summed E-state index contributed by atoms with van der Waals surface area (Å²) >= 11 is 5.45. The number of unbranched alkanes of at least 4 members (excludes halogenated alkanes) is 3. The average Bonchev–Trinajstić information content (AvgIpc) is 2.79. The summed E-state index contributed by atoms with van der Waals surface area (Å²) in [7, 11) is 1.70. The summed E-state index contributed by atoms with van der Waals surface area (Å²) < 4.78 is 5.28. The molecule has 0 spiro atoms. The van der Waals surface area contributed by atoms with Gasteiger partial charge in [-0.1, -0.05) is 62.3 Å². The number of methoxy groups -OCH3 is 1. The van der Waals surface area contributed by atoms with E-state index in [0.717, 1.165) is 43.0 Å². The second-order valence-electron chi connectivity index (χ2n) is 7.35. The molecule has 0 radical (unpaired) electrons. The highest BCUT2D eigenvalue weighted by molar-refractivity contribution is 7.80. The monoisotopic (exact) mass is 422 g/mol. The maximum atomic E-state index is 5.45. The van der Waals surface area contributed by atoms with Crippen molar-refractivity contribution in [1.29, 1.82) is 0 Å². The van der Waals surface area contributed by atoms with Gasteiger partial charge >= 0.3 is 0 Å². The highest BCUT2D eigenvalue weighted by Crippen LogP contribution is 2.23. The molecule has 0 aliphatic carbocycles. The normalized spacial score (nSPS) is 11.6. The summed E-state index contributed by atoms with van der Waals surface area (Å²) in [5, 5.41) is 3.33. The maximum absolute atomic E-state index is 5.45. The van der Waals surface area contributed by atoms with E-state index in [-0.39, 0.29) is 0 Å². The highest BCUT2D eigenvalue weighted by atomic mass is 32.1. The molecular weight excluding hydrogens is 388 g/mol. The van der Waals surface area contributed by atoms with Gasteiger partial charge in [-0.15, -0.1) is 0 Å². The lowest BCUT2D eigenvalue weighted by atomic mass is 9.99. The number of nitrogens with one attached hydrogen (secondary N) is 1. The van der Waals surface area contributed by atoms with Gasteiger partial charge in [-0.2, -0.15) is 0 Å². The first-order valence-electron chi connectivity index (χ1n) is 10.9. The quantitative estimate of drug-likeness (QED) is 0.172. The van der Waals surface area contributed by atoms with Crippen LogP contribution in [0, 0.1) is 0 Å². The molecule has 0 saturated carbocycles. The number of pyridine rings is 1. The Morgan fingerprint density at radius 1 is 1.10 bits per heavy atom. The van der Waals surface area contributed by atoms with Crippen molar-refractivity contribution in [3.8, 4) is 5.75 Å². The summed E-state index contributed by atoms with van der Waals surface area (Å²) in [6, 6.07) is 12.4. The molecular formula is C26H34N2OS. The Morgan fingerprint density at radius 2 is 1.93 bits per heavy atom. The number of allylic oxidation sites excluding steroid dienone is 3. The lowest BCUT2D eigenvalue weighted by Crippen LogP contribution is -2.20. The number of benzene rings is 1. The first-order chi connectivity index (χ1) is 14.7. The van der Waals surface area contributed by atoms with Crippen molar-refractivity contribution < 1.29 is 4.74 Å². The number of nitrogens with zero attached hydrogens (tertiary/aromatic N) is 1. The van der Waals surface area contributed by atoms with Crippen LogP contribution in [0.25, 0.3) is 5.57 Å². The lowest BCUT2D eigenvalue weighted by Gasteiger charge is -2.08. The molecule has 1 heterocycles. The molecule has 30 heavy (non-hydrogen) atoms. The minimum absolute atomic E-state index is 0.787. The fourth-order valence-corrected chi connectivity index (χ4v) is 3.40. The second kappa shape index (κ2) is 14.5. The fraction of sp³-hybridized carbons (Fsp3) is 0.385. The summed E-state index contributed by atoms with van der Waals surface area (Å²) in [5.41, 5.74) is 3.87. The molecule has 0 fully saturated rings. The topological polar surface area (TPSA) is 34.2 Å². The van der Waals surface area contributed by atoms with E-state index in [2.05, 4.69) is 47.6 Å². The van der Waals surface area contributed by atoms with Gasteiger partial charge in [0.2, 0.25) is 0 Å². The smallest absolute Gasteiger partial charge is 0.118 e. The molecule has 0 aliphatic rings. The SMILES string of the molecule is CCCCCC(=CC=CC(=S)NCCCCc1cccnc1)c1ccc(OC)cc1. The van der Waals surface area contributed by atoms with Crippen molar-refractivity contribution in [2.45, 2.75) is 51.9 Å². The summed E-state index contributed by atoms with van der Waals surface area (Å²) in [6.45, 7) is 3.13. The highest BCUT2D eigenvalue weighted by Gasteiger charge is 2.02. The van der Waals surface area contributed by atoms with Crippen molar-refractivity contribution >= 4 is 22.8 Å². The predicted octanol–water partition coefficient (Wildman–Crippen LogP) is 6.55. The lowest BCUT2D eigenvalue weighted by molar-refractivity contribution is 0.415. The number of aryl methyl sites for hydroxylation is 1. The standard InChI is InChI=1S/C26H34N2OS/c1-3-4-5-12-23(24-15-17-25(29-2)18-16-24)13-8-14-26(30)28-20-7-6-10-22-11-9-19-27-21-22/h8-9,11,13-19,21H,3-7,10,12,20H2,1-2H3,(H,28,30). The van der Waals surface area contributed by atoms with E-state index in [1.807, 2.05) is 36.7 Å². The van der Waals surface area contributed by atoms with E-state index in [1.165, 1.54) is 36.0 Å². The van der Waals surface area contributed by atoms with Crippen LogP contribution in [0.4, 0.5) is 0 Å². The van der Waals surface area contributed by atoms with E-state index in [4.69, 9.17) is 17.0 Å². The van der Waals surface area contributed by atoms with Gasteiger partial charge in [0.25, 0.3) is 0 Å². The van der Waals surface area contributed by atoms with Crippen molar-refractivity contribution in [3.05, 3.63) is 78.1 Å². The Bertz CT molecular complexity index is 798. The number of hydrogen-bond acceptors (Lipinski definition) is 3. The van der Waals surface area contributed by atoms with Gasteiger partial charge in [0.05, 0.1) is 12.1 Å². The molecule has 0 amide bonds. The van der Waals surface area contributed by atoms with E-state index in [0.29, 0.717) is 0 Å². The van der Waals surface area contributed by atoms with E-state index >= 15 is 0 Å². The number of hydrogen-bond donors (Lipinski definition) is 1. The average molecular weight is 423 g/mol. The van der Waals surface area contributed by atoms with Crippen molar-refractivity contribution in [1.82, 2.24) is 10.3 Å². The molecule has 0 bridgehead atoms. The molecule has 4 heteroatoms. The van der Waals surface area contributed by atoms with Gasteiger partial charge in [0.15, 0.2) is 0 Å². The maximum Gasteiger partial charge on any atom is 0.118 e. The number of ether oxygens (including phenoxy) is 1. The Morgan fingerprint density at radius 3 is 2.63 bits per heavy atom. The van der Waals surface area contributed by atoms with Gasteiger partial charge in [-0.25, -0.2) is 0 Å². The largest absolute Gasteiger partial charge is 0.497 e. The summed E-state index contributed by atoms with van der Waals surface area (Å²) in [6.07, 6.45) is 18.0. The molecule has 1 N–H and O–H groups in total. The molecule has 1 aromatic carbocycles. The zero-order valence-corrected chi connectivity index (χ0v) is 19.1. The van der Waals surface area contributed by atoms with Gasteiger partial charge in [0.1, 0.15) is 5.75 Å². The Balaban J connectivity index is 1.80. The molecule has 2 rings (SSSR count). The van der Waals surface area contributed by atoms with Crippen LogP contribution in [0.2, 0.25) is 0 Å². The molecule has 160 valence electrons. The minimum atomic E-state index is 0.787. The van der Waals surface area contributed by atoms with E-state index in [1.54, 1.807) is 7.11 Å². The van der Waals surface area contributed by atoms with Crippen LogP contribution in [-0.2, 0) is 6.42 Å². The van der Waals surface area contributed by atoms with Crippen LogP contribution in [0.15, 0.2) is 67.0 Å². The van der Waals surface area contributed by atoms with E-state index in [9.17, 15) is 0 Å². The Kier molecular flexibility index (Phi) is 11.5.